The topological polar surface area (TPSA) is 89.7 Å². The van der Waals surface area contributed by atoms with Crippen molar-refractivity contribution in [2.75, 3.05) is 18.5 Å². The molecule has 0 aliphatic carbocycles. The van der Waals surface area contributed by atoms with E-state index in [1.807, 2.05) is 33.8 Å². The van der Waals surface area contributed by atoms with Crippen LogP contribution < -0.4 is 15.8 Å². The van der Waals surface area contributed by atoms with Crippen molar-refractivity contribution in [2.45, 2.75) is 64.3 Å². The van der Waals surface area contributed by atoms with E-state index in [9.17, 15) is 4.79 Å². The van der Waals surface area contributed by atoms with Crippen LogP contribution >= 0.6 is 11.3 Å². The standard InChI is InChI=1S/C20H28N4O3S/c1-11-9-13(21)14(10-24(11)19(25)27-20(2,3)4)22-18-23-17-12-7-8-26-15(12)5-6-16(17)28-18/h5-6,11,13-14H,7-10,21H2,1-4H3,(H,22,23)/t11-,13+,14-/m0/s1. The van der Waals surface area contributed by atoms with Gasteiger partial charge in [0.2, 0.25) is 0 Å². The van der Waals surface area contributed by atoms with Crippen LogP contribution in [0.25, 0.3) is 10.2 Å². The molecule has 3 atom stereocenters. The van der Waals surface area contributed by atoms with Crippen molar-refractivity contribution in [1.29, 1.82) is 0 Å². The molecule has 2 aliphatic heterocycles. The highest BCUT2D eigenvalue weighted by atomic mass is 32.1. The van der Waals surface area contributed by atoms with Crippen LogP contribution in [0.5, 0.6) is 5.75 Å². The molecular weight excluding hydrogens is 376 g/mol. The second-order valence-corrected chi connectivity index (χ2v) is 9.67. The van der Waals surface area contributed by atoms with Gasteiger partial charge in [-0.25, -0.2) is 9.78 Å². The van der Waals surface area contributed by atoms with Crippen LogP contribution in [0, 0.1) is 0 Å². The summed E-state index contributed by atoms with van der Waals surface area (Å²) in [5.41, 5.74) is 8.07. The van der Waals surface area contributed by atoms with Gasteiger partial charge in [0.1, 0.15) is 11.4 Å². The number of nitrogens with two attached hydrogens (primary N) is 1. The lowest BCUT2D eigenvalue weighted by atomic mass is 9.95. The van der Waals surface area contributed by atoms with Crippen molar-refractivity contribution in [3.63, 3.8) is 0 Å². The van der Waals surface area contributed by atoms with Crippen LogP contribution in [0.4, 0.5) is 9.93 Å². The summed E-state index contributed by atoms with van der Waals surface area (Å²) < 4.78 is 12.3. The predicted molar refractivity (Wildman–Crippen MR) is 111 cm³/mol. The molecule has 1 aromatic heterocycles. The van der Waals surface area contributed by atoms with E-state index in [2.05, 4.69) is 11.4 Å². The summed E-state index contributed by atoms with van der Waals surface area (Å²) in [6.07, 6.45) is 1.31. The molecule has 8 heteroatoms. The normalized spacial score (nSPS) is 24.8. The number of anilines is 1. The number of carbonyl (C=O) groups excluding carboxylic acids is 1. The summed E-state index contributed by atoms with van der Waals surface area (Å²) in [5, 5.41) is 4.30. The SMILES string of the molecule is C[C@H]1C[C@@H](N)[C@@H](Nc2nc3c4c(ccc3s2)OCC4)CN1C(=O)OC(C)(C)C. The maximum absolute atomic E-state index is 12.6. The average molecular weight is 405 g/mol. The van der Waals surface area contributed by atoms with E-state index in [0.29, 0.717) is 19.6 Å². The first-order valence-corrected chi connectivity index (χ1v) is 10.6. The summed E-state index contributed by atoms with van der Waals surface area (Å²) >= 11 is 1.61. The van der Waals surface area contributed by atoms with Gasteiger partial charge in [-0.3, -0.25) is 0 Å². The van der Waals surface area contributed by atoms with E-state index >= 15 is 0 Å². The van der Waals surface area contributed by atoms with Gasteiger partial charge in [-0.1, -0.05) is 11.3 Å². The molecule has 1 aromatic carbocycles. The monoisotopic (exact) mass is 404 g/mol. The highest BCUT2D eigenvalue weighted by molar-refractivity contribution is 7.22. The Morgan fingerprint density at radius 3 is 2.96 bits per heavy atom. The Morgan fingerprint density at radius 2 is 2.21 bits per heavy atom. The van der Waals surface area contributed by atoms with Crippen LogP contribution in [0.15, 0.2) is 12.1 Å². The first-order chi connectivity index (χ1) is 13.2. The van der Waals surface area contributed by atoms with Crippen molar-refractivity contribution in [3.8, 4) is 5.75 Å². The molecule has 7 nitrogen and oxygen atoms in total. The molecule has 4 rings (SSSR count). The lowest BCUT2D eigenvalue weighted by Gasteiger charge is -2.41. The summed E-state index contributed by atoms with van der Waals surface area (Å²) in [5.74, 6) is 0.934. The van der Waals surface area contributed by atoms with E-state index in [1.165, 1.54) is 5.56 Å². The van der Waals surface area contributed by atoms with Gasteiger partial charge in [0.05, 0.1) is 22.9 Å². The fourth-order valence-corrected chi connectivity index (χ4v) is 4.79. The molecule has 1 saturated heterocycles. The largest absolute Gasteiger partial charge is 0.493 e. The fraction of sp³-hybridized carbons (Fsp3) is 0.600. The number of nitrogens with zero attached hydrogens (tertiary/aromatic N) is 2. The van der Waals surface area contributed by atoms with Crippen molar-refractivity contribution >= 4 is 32.8 Å². The van der Waals surface area contributed by atoms with Crippen LogP contribution in [0.3, 0.4) is 0 Å². The molecule has 0 spiro atoms. The number of aromatic nitrogens is 1. The summed E-state index contributed by atoms with van der Waals surface area (Å²) in [6, 6.07) is 3.98. The smallest absolute Gasteiger partial charge is 0.410 e. The minimum Gasteiger partial charge on any atom is -0.493 e. The molecule has 152 valence electrons. The first kappa shape index (κ1) is 19.3. The third kappa shape index (κ3) is 3.75. The number of rotatable bonds is 2. The molecule has 0 radical (unpaired) electrons. The fourth-order valence-electron chi connectivity index (χ4n) is 3.83. The van der Waals surface area contributed by atoms with Gasteiger partial charge in [0, 0.05) is 30.6 Å². The minimum atomic E-state index is -0.519. The van der Waals surface area contributed by atoms with E-state index in [0.717, 1.165) is 27.5 Å². The van der Waals surface area contributed by atoms with Crippen molar-refractivity contribution in [1.82, 2.24) is 9.88 Å². The zero-order chi connectivity index (χ0) is 20.1. The third-order valence-electron chi connectivity index (χ3n) is 5.22. The molecule has 0 saturated carbocycles. The lowest BCUT2D eigenvalue weighted by molar-refractivity contribution is 0.00917. The zero-order valence-electron chi connectivity index (χ0n) is 16.8. The highest BCUT2D eigenvalue weighted by Gasteiger charge is 2.36. The van der Waals surface area contributed by atoms with Crippen LogP contribution in [-0.4, -0.2) is 52.9 Å². The quantitative estimate of drug-likeness (QED) is 0.798. The van der Waals surface area contributed by atoms with Crippen molar-refractivity contribution in [2.24, 2.45) is 5.73 Å². The molecule has 2 aromatic rings. The second-order valence-electron chi connectivity index (χ2n) is 8.64. The molecule has 1 fully saturated rings. The van der Waals surface area contributed by atoms with Crippen LogP contribution in [-0.2, 0) is 11.2 Å². The predicted octanol–water partition coefficient (Wildman–Crippen LogP) is 3.37. The Kier molecular flexibility index (Phi) is 4.87. The highest BCUT2D eigenvalue weighted by Crippen LogP contribution is 2.37. The first-order valence-electron chi connectivity index (χ1n) is 9.78. The molecule has 3 N–H and O–H groups in total. The number of carbonyl (C=O) groups is 1. The number of amides is 1. The summed E-state index contributed by atoms with van der Waals surface area (Å²) in [4.78, 5) is 19.2. The van der Waals surface area contributed by atoms with E-state index in [1.54, 1.807) is 16.2 Å². The number of hydrogen-bond acceptors (Lipinski definition) is 7. The summed E-state index contributed by atoms with van der Waals surface area (Å²) in [7, 11) is 0. The number of likely N-dealkylation sites (tertiary alicyclic amines) is 1. The Hall–Kier alpha value is -2.06. The molecule has 1 amide bonds. The zero-order valence-corrected chi connectivity index (χ0v) is 17.6. The van der Waals surface area contributed by atoms with E-state index < -0.39 is 5.60 Å². The Balaban J connectivity index is 1.52. The van der Waals surface area contributed by atoms with Gasteiger partial charge in [-0.05, 0) is 46.2 Å². The Labute approximate surface area is 169 Å². The van der Waals surface area contributed by atoms with Gasteiger partial charge in [0.25, 0.3) is 0 Å². The molecular formula is C20H28N4O3S. The minimum absolute atomic E-state index is 0.0404. The number of thiazole rings is 1. The van der Waals surface area contributed by atoms with Gasteiger partial charge in [0.15, 0.2) is 5.13 Å². The van der Waals surface area contributed by atoms with Crippen molar-refractivity contribution < 1.29 is 14.3 Å². The molecule has 0 bridgehead atoms. The Bertz CT molecular complexity index is 891. The lowest BCUT2D eigenvalue weighted by Crippen LogP contribution is -2.59. The third-order valence-corrected chi connectivity index (χ3v) is 6.18. The van der Waals surface area contributed by atoms with Gasteiger partial charge < -0.3 is 25.4 Å². The number of fused-ring (bicyclic) bond motifs is 3. The number of hydrogen-bond donors (Lipinski definition) is 2. The van der Waals surface area contributed by atoms with Gasteiger partial charge >= 0.3 is 6.09 Å². The molecule has 28 heavy (non-hydrogen) atoms. The van der Waals surface area contributed by atoms with Crippen LogP contribution in [0.1, 0.15) is 39.7 Å². The number of ether oxygens (including phenoxy) is 2. The summed E-state index contributed by atoms with van der Waals surface area (Å²) in [6.45, 7) is 8.86. The maximum atomic E-state index is 12.6. The van der Waals surface area contributed by atoms with E-state index in [-0.39, 0.29) is 24.2 Å². The van der Waals surface area contributed by atoms with Gasteiger partial charge in [-0.15, -0.1) is 0 Å². The molecule has 0 unspecified atom stereocenters. The number of benzene rings is 1. The maximum Gasteiger partial charge on any atom is 0.410 e. The van der Waals surface area contributed by atoms with Gasteiger partial charge in [-0.2, -0.15) is 0 Å². The average Bonchev–Trinajstić information content (AvgIpc) is 3.20. The second kappa shape index (κ2) is 7.08. The molecule has 3 heterocycles. The Morgan fingerprint density at radius 1 is 1.43 bits per heavy atom. The number of piperidine rings is 1. The van der Waals surface area contributed by atoms with E-state index in [4.69, 9.17) is 20.2 Å². The number of nitrogens with one attached hydrogen (secondary N) is 1. The van der Waals surface area contributed by atoms with Crippen molar-refractivity contribution in [3.05, 3.63) is 17.7 Å². The van der Waals surface area contributed by atoms with Crippen LogP contribution in [0.2, 0.25) is 0 Å². The molecule has 2 aliphatic rings.